The Kier molecular flexibility index (Phi) is 6.59. The molecule has 0 saturated heterocycles. The number of carboxylic acids is 1. The molecule has 35 heavy (non-hydrogen) atoms. The minimum atomic E-state index is -2.66. The normalized spacial score (nSPS) is 21.2. The molecule has 1 atom stereocenters. The van der Waals surface area contributed by atoms with E-state index >= 15 is 0 Å². The van der Waals surface area contributed by atoms with Crippen LogP contribution < -0.4 is 10.6 Å². The molecule has 1 amide bonds. The van der Waals surface area contributed by atoms with Crippen LogP contribution in [0, 0.1) is 6.92 Å². The van der Waals surface area contributed by atoms with Gasteiger partial charge in [0.15, 0.2) is 0 Å². The van der Waals surface area contributed by atoms with E-state index in [-0.39, 0.29) is 29.4 Å². The van der Waals surface area contributed by atoms with Crippen LogP contribution in [0.2, 0.25) is 5.15 Å². The Morgan fingerprint density at radius 2 is 2.14 bits per heavy atom. The Balaban J connectivity index is 1.29. The van der Waals surface area contributed by atoms with E-state index in [0.717, 1.165) is 56.5 Å². The summed E-state index contributed by atoms with van der Waals surface area (Å²) in [5.74, 6) is -1.51. The number of pyridine rings is 1. The van der Waals surface area contributed by atoms with Crippen LogP contribution in [0.4, 0.5) is 5.82 Å². The highest BCUT2D eigenvalue weighted by molar-refractivity contribution is 6.30. The Morgan fingerprint density at radius 1 is 1.31 bits per heavy atom. The highest BCUT2D eigenvalue weighted by Crippen LogP contribution is 2.51. The van der Waals surface area contributed by atoms with Crippen molar-refractivity contribution in [3.8, 4) is 0 Å². The molecule has 2 aromatic rings. The van der Waals surface area contributed by atoms with E-state index in [0.29, 0.717) is 6.61 Å². The maximum atomic E-state index is 13.4. The second-order valence-corrected chi connectivity index (χ2v) is 9.05. The molecule has 3 N–H and O–H groups in total. The molecule has 1 saturated carbocycles. The van der Waals surface area contributed by atoms with Gasteiger partial charge in [-0.25, -0.2) is 19.7 Å². The van der Waals surface area contributed by atoms with Gasteiger partial charge in [0, 0.05) is 48.6 Å². The fourth-order valence-electron chi connectivity index (χ4n) is 4.13. The number of aliphatic carboxylic acids is 1. The number of aryl methyl sites for hydroxylation is 3. The molecule has 188 valence electrons. The first-order valence-electron chi connectivity index (χ1n) is 13.8. The van der Waals surface area contributed by atoms with E-state index in [4.69, 9.17) is 21.8 Å². The molecule has 4 rings (SSSR count). The van der Waals surface area contributed by atoms with Crippen LogP contribution in [0.1, 0.15) is 66.4 Å². The summed E-state index contributed by atoms with van der Waals surface area (Å²) < 4.78 is 38.6. The zero-order valence-electron chi connectivity index (χ0n) is 23.6. The molecule has 1 fully saturated rings. The molecule has 9 nitrogen and oxygen atoms in total. The molecule has 2 aromatic heterocycles. The van der Waals surface area contributed by atoms with Crippen LogP contribution in [-0.4, -0.2) is 57.7 Å². The van der Waals surface area contributed by atoms with Gasteiger partial charge in [0.05, 0.1) is 5.41 Å². The summed E-state index contributed by atoms with van der Waals surface area (Å²) in [7, 11) is 0. The number of aromatic nitrogens is 3. The number of halogens is 1. The molecule has 1 aliphatic carbocycles. The van der Waals surface area contributed by atoms with Crippen molar-refractivity contribution in [1.82, 2.24) is 20.3 Å². The quantitative estimate of drug-likeness (QED) is 0.296. The molecule has 1 aliphatic heterocycles. The van der Waals surface area contributed by atoms with Gasteiger partial charge in [0.1, 0.15) is 23.3 Å². The van der Waals surface area contributed by atoms with Crippen molar-refractivity contribution in [2.24, 2.45) is 0 Å². The summed E-state index contributed by atoms with van der Waals surface area (Å²) in [5, 5.41) is 15.0. The summed E-state index contributed by atoms with van der Waals surface area (Å²) >= 11 is 6.16. The maximum absolute atomic E-state index is 13.4. The van der Waals surface area contributed by atoms with Gasteiger partial charge in [0.25, 0.3) is 0 Å². The molecular formula is C25H32ClN5O4. The maximum Gasteiger partial charge on any atom is 0.326 e. The van der Waals surface area contributed by atoms with Gasteiger partial charge in [0.2, 0.25) is 5.91 Å². The van der Waals surface area contributed by atoms with Crippen LogP contribution in [0.25, 0.3) is 0 Å². The van der Waals surface area contributed by atoms with Gasteiger partial charge in [-0.3, -0.25) is 4.79 Å². The zero-order valence-corrected chi connectivity index (χ0v) is 20.3. The first-order chi connectivity index (χ1) is 18.4. The van der Waals surface area contributed by atoms with Crippen LogP contribution in [0.3, 0.4) is 0 Å². The lowest BCUT2D eigenvalue weighted by Crippen LogP contribution is -2.46. The van der Waals surface area contributed by atoms with Crippen molar-refractivity contribution in [3.63, 3.8) is 0 Å². The summed E-state index contributed by atoms with van der Waals surface area (Å²) in [5.41, 5.74) is -0.207. The number of fused-ring (bicyclic) bond motifs is 1. The van der Waals surface area contributed by atoms with Crippen molar-refractivity contribution in [1.29, 1.82) is 0 Å². The number of unbranched alkanes of at least 4 members (excludes halogenated alkanes) is 1. The zero-order chi connectivity index (χ0) is 28.4. The van der Waals surface area contributed by atoms with Gasteiger partial charge in [-0.15, -0.1) is 0 Å². The van der Waals surface area contributed by atoms with Crippen molar-refractivity contribution < 1.29 is 24.9 Å². The lowest BCUT2D eigenvalue weighted by molar-refractivity contribution is -0.142. The Hall–Kier alpha value is -2.78. The summed E-state index contributed by atoms with van der Waals surface area (Å²) in [6, 6.07) is 2.74. The largest absolute Gasteiger partial charge is 0.480 e. The molecule has 0 aromatic carbocycles. The number of anilines is 1. The van der Waals surface area contributed by atoms with E-state index in [2.05, 4.69) is 31.7 Å². The lowest BCUT2D eigenvalue weighted by atomic mass is 9.94. The average Bonchev–Trinajstić information content (AvgIpc) is 3.25. The predicted octanol–water partition coefficient (Wildman–Crippen LogP) is 3.22. The van der Waals surface area contributed by atoms with Gasteiger partial charge < -0.3 is 20.5 Å². The number of nitrogens with one attached hydrogen (secondary N) is 2. The SMILES string of the molecule is [2H]C1([2H])C([2H])([2H])C1(C(=O)N[C@@H](CCOCCCCc1ccc2c(n1)NCCC2)C(=O)O)c1c(C)ncnc1Cl. The molecule has 0 radical (unpaired) electrons. The first kappa shape index (κ1) is 20.4. The second kappa shape index (κ2) is 11.3. The Labute approximate surface area is 215 Å². The van der Waals surface area contributed by atoms with Crippen molar-refractivity contribution >= 4 is 29.3 Å². The van der Waals surface area contributed by atoms with Gasteiger partial charge in [-0.1, -0.05) is 17.7 Å². The molecule has 10 heteroatoms. The molecule has 0 spiro atoms. The summed E-state index contributed by atoms with van der Waals surface area (Å²) in [6.45, 7) is 2.84. The van der Waals surface area contributed by atoms with Crippen LogP contribution in [0.5, 0.6) is 0 Å². The van der Waals surface area contributed by atoms with Gasteiger partial charge in [-0.2, -0.15) is 0 Å². The van der Waals surface area contributed by atoms with Crippen LogP contribution >= 0.6 is 11.6 Å². The number of hydrogen-bond acceptors (Lipinski definition) is 7. The van der Waals surface area contributed by atoms with Crippen molar-refractivity contribution in [2.75, 3.05) is 25.1 Å². The number of hydrogen-bond donors (Lipinski definition) is 3. The van der Waals surface area contributed by atoms with Gasteiger partial charge in [-0.05, 0) is 63.4 Å². The summed E-state index contributed by atoms with van der Waals surface area (Å²) in [4.78, 5) is 37.6. The smallest absolute Gasteiger partial charge is 0.326 e. The molecule has 0 bridgehead atoms. The summed E-state index contributed by atoms with van der Waals surface area (Å²) in [6.07, 6.45) is 0.246. The Bertz CT molecular complexity index is 1210. The number of carbonyl (C=O) groups excluding carboxylic acids is 1. The van der Waals surface area contributed by atoms with Crippen LogP contribution in [-0.2, 0) is 32.6 Å². The minimum Gasteiger partial charge on any atom is -0.480 e. The minimum absolute atomic E-state index is 0.0410. The van der Waals surface area contributed by atoms with Crippen molar-refractivity contribution in [3.05, 3.63) is 46.1 Å². The fraction of sp³-hybridized carbons (Fsp3) is 0.560. The third-order valence-corrected chi connectivity index (χ3v) is 6.45. The number of ether oxygens (including phenoxy) is 1. The standard InChI is InChI=1S/C25H32ClN5O4/c1-16-20(21(26)29-15-28-16)25(10-11-25)24(34)31-19(23(32)33)9-14-35-13-3-2-6-18-8-7-17-5-4-12-27-22(17)30-18/h7-8,15,19H,2-6,9-14H2,1H3,(H,27,30)(H,31,34)(H,32,33)/t19-/m0/s1/i10D2,11D2. The predicted molar refractivity (Wildman–Crippen MR) is 132 cm³/mol. The highest BCUT2D eigenvalue weighted by atomic mass is 35.5. The lowest BCUT2D eigenvalue weighted by Gasteiger charge is -2.21. The number of nitrogens with zero attached hydrogens (tertiary/aromatic N) is 3. The molecule has 2 aliphatic rings. The van der Waals surface area contributed by atoms with E-state index in [1.807, 2.05) is 6.07 Å². The number of carbonyl (C=O) groups is 2. The molecular weight excluding hydrogens is 470 g/mol. The monoisotopic (exact) mass is 505 g/mol. The second-order valence-electron chi connectivity index (χ2n) is 8.69. The number of amides is 1. The average molecular weight is 506 g/mol. The fourth-order valence-corrected chi connectivity index (χ4v) is 4.45. The van der Waals surface area contributed by atoms with E-state index < -0.39 is 36.1 Å². The van der Waals surface area contributed by atoms with E-state index in [9.17, 15) is 14.7 Å². The third-order valence-electron chi connectivity index (χ3n) is 6.16. The highest BCUT2D eigenvalue weighted by Gasteiger charge is 2.54. The molecule has 3 heterocycles. The number of carboxylic acid groups (broad SMARTS) is 1. The Morgan fingerprint density at radius 3 is 2.89 bits per heavy atom. The van der Waals surface area contributed by atoms with E-state index in [1.165, 1.54) is 12.5 Å². The van der Waals surface area contributed by atoms with Gasteiger partial charge >= 0.3 is 5.97 Å². The third kappa shape index (κ3) is 6.08. The van der Waals surface area contributed by atoms with Crippen molar-refractivity contribution in [2.45, 2.75) is 69.7 Å². The topological polar surface area (TPSA) is 126 Å². The first-order valence-corrected chi connectivity index (χ1v) is 12.1. The molecule has 0 unspecified atom stereocenters. The number of rotatable bonds is 12. The van der Waals surface area contributed by atoms with Crippen LogP contribution in [0.15, 0.2) is 18.5 Å². The van der Waals surface area contributed by atoms with E-state index in [1.54, 1.807) is 0 Å².